The number of nitrogen functional groups attached to an aromatic ring is 1. The van der Waals surface area contributed by atoms with Gasteiger partial charge in [0.2, 0.25) is 9.84 Å². The van der Waals surface area contributed by atoms with Gasteiger partial charge < -0.3 is 10.3 Å². The normalized spacial score (nSPS) is 12.9. The minimum atomic E-state index is -3.95. The van der Waals surface area contributed by atoms with Gasteiger partial charge in [0, 0.05) is 0 Å². The summed E-state index contributed by atoms with van der Waals surface area (Å²) in [4.78, 5) is 9.72. The van der Waals surface area contributed by atoms with Crippen LogP contribution in [0.4, 0.5) is 5.82 Å². The molecule has 2 N–H and O–H groups in total. The second-order valence-electron chi connectivity index (χ2n) is 8.31. The Kier molecular flexibility index (Phi) is 4.94. The van der Waals surface area contributed by atoms with Crippen LogP contribution in [-0.2, 0) is 9.84 Å². The first-order valence-corrected chi connectivity index (χ1v) is 12.2. The summed E-state index contributed by atoms with van der Waals surface area (Å²) >= 11 is 0. The molecule has 0 saturated carbocycles. The van der Waals surface area contributed by atoms with Crippen LogP contribution in [0.15, 0.2) is 82.6 Å². The average Bonchev–Trinajstić information content (AvgIpc) is 3.10. The molecule has 0 bridgehead atoms. The second-order valence-corrected chi connectivity index (χ2v) is 10.2. The predicted octanol–water partition coefficient (Wildman–Crippen LogP) is 5.23. The lowest BCUT2D eigenvalue weighted by Gasteiger charge is -2.17. The first-order valence-electron chi connectivity index (χ1n) is 10.7. The predicted molar refractivity (Wildman–Crippen MR) is 131 cm³/mol. The topological polar surface area (TPSA) is 90.9 Å². The SMILES string of the molecule is Cc1ccc(S(=O)(=O)c2c(N)n(C(C)c3ccccc3)c3nc4ccccc4nc23)cc1C. The molecule has 0 saturated heterocycles. The van der Waals surface area contributed by atoms with Crippen molar-refractivity contribution >= 4 is 37.9 Å². The van der Waals surface area contributed by atoms with Gasteiger partial charge in [-0.1, -0.05) is 48.5 Å². The summed E-state index contributed by atoms with van der Waals surface area (Å²) in [5, 5.41) is 0. The fraction of sp³-hybridized carbons (Fsp3) is 0.154. The largest absolute Gasteiger partial charge is 0.384 e. The van der Waals surface area contributed by atoms with E-state index in [0.29, 0.717) is 16.7 Å². The molecule has 0 fully saturated rings. The van der Waals surface area contributed by atoms with E-state index in [9.17, 15) is 8.42 Å². The Labute approximate surface area is 192 Å². The first-order chi connectivity index (χ1) is 15.8. The number of hydrogen-bond acceptors (Lipinski definition) is 5. The fourth-order valence-corrected chi connectivity index (χ4v) is 5.77. The second kappa shape index (κ2) is 7.71. The molecule has 0 aliphatic carbocycles. The number of aromatic nitrogens is 3. The molecule has 0 amide bonds. The van der Waals surface area contributed by atoms with Crippen molar-refractivity contribution in [1.82, 2.24) is 14.5 Å². The molecule has 6 nitrogen and oxygen atoms in total. The Morgan fingerprint density at radius 1 is 0.848 bits per heavy atom. The smallest absolute Gasteiger partial charge is 0.212 e. The number of anilines is 1. The van der Waals surface area contributed by atoms with E-state index in [1.165, 1.54) is 0 Å². The zero-order chi connectivity index (χ0) is 23.3. The van der Waals surface area contributed by atoms with Crippen LogP contribution in [0.25, 0.3) is 22.2 Å². The summed E-state index contributed by atoms with van der Waals surface area (Å²) < 4.78 is 29.5. The summed E-state index contributed by atoms with van der Waals surface area (Å²) in [5.74, 6) is 0.134. The van der Waals surface area contributed by atoms with Gasteiger partial charge in [-0.25, -0.2) is 18.4 Å². The van der Waals surface area contributed by atoms with E-state index in [0.717, 1.165) is 16.7 Å². The van der Waals surface area contributed by atoms with Crippen molar-refractivity contribution in [3.8, 4) is 0 Å². The van der Waals surface area contributed by atoms with Crippen LogP contribution in [0, 0.1) is 13.8 Å². The lowest BCUT2D eigenvalue weighted by Crippen LogP contribution is -2.12. The van der Waals surface area contributed by atoms with Crippen molar-refractivity contribution in [3.05, 3.63) is 89.5 Å². The maximum Gasteiger partial charge on any atom is 0.212 e. The van der Waals surface area contributed by atoms with Crippen molar-refractivity contribution in [2.24, 2.45) is 0 Å². The zero-order valence-corrected chi connectivity index (χ0v) is 19.5. The van der Waals surface area contributed by atoms with Gasteiger partial charge in [0.1, 0.15) is 16.2 Å². The summed E-state index contributed by atoms with van der Waals surface area (Å²) in [6.45, 7) is 5.82. The third kappa shape index (κ3) is 3.36. The minimum absolute atomic E-state index is 0.00165. The van der Waals surface area contributed by atoms with E-state index < -0.39 is 9.84 Å². The summed E-state index contributed by atoms with van der Waals surface area (Å²) in [5.41, 5.74) is 11.6. The van der Waals surface area contributed by atoms with Crippen molar-refractivity contribution in [3.63, 3.8) is 0 Å². The quantitative estimate of drug-likeness (QED) is 0.400. The Balaban J connectivity index is 1.86. The molecule has 0 aliphatic heterocycles. The lowest BCUT2D eigenvalue weighted by molar-refractivity contribution is 0.596. The molecule has 2 aromatic heterocycles. The number of aryl methyl sites for hydroxylation is 2. The highest BCUT2D eigenvalue weighted by molar-refractivity contribution is 7.92. The molecule has 0 spiro atoms. The van der Waals surface area contributed by atoms with Crippen LogP contribution < -0.4 is 5.73 Å². The van der Waals surface area contributed by atoms with Gasteiger partial charge in [-0.2, -0.15) is 0 Å². The molecule has 7 heteroatoms. The first kappa shape index (κ1) is 21.2. The molecular formula is C26H24N4O2S. The summed E-state index contributed by atoms with van der Waals surface area (Å²) in [6, 6.07) is 22.1. The Morgan fingerprint density at radius 2 is 1.48 bits per heavy atom. The van der Waals surface area contributed by atoms with Crippen molar-refractivity contribution < 1.29 is 8.42 Å². The third-order valence-electron chi connectivity index (χ3n) is 6.21. The van der Waals surface area contributed by atoms with E-state index >= 15 is 0 Å². The van der Waals surface area contributed by atoms with Crippen molar-refractivity contribution in [2.75, 3.05) is 5.73 Å². The fourth-order valence-electron chi connectivity index (χ4n) is 4.19. The number of hydrogen-bond donors (Lipinski definition) is 1. The molecule has 1 unspecified atom stereocenters. The summed E-state index contributed by atoms with van der Waals surface area (Å²) in [6.07, 6.45) is 0. The Bertz CT molecular complexity index is 1620. The van der Waals surface area contributed by atoms with Gasteiger partial charge in [-0.3, -0.25) is 0 Å². The molecule has 33 heavy (non-hydrogen) atoms. The zero-order valence-electron chi connectivity index (χ0n) is 18.6. The number of sulfone groups is 1. The number of nitrogens with two attached hydrogens (primary N) is 1. The third-order valence-corrected chi connectivity index (χ3v) is 8.03. The maximum atomic E-state index is 13.9. The van der Waals surface area contributed by atoms with Crippen LogP contribution in [0.1, 0.15) is 29.7 Å². The number of benzene rings is 3. The number of fused-ring (bicyclic) bond motifs is 2. The molecular weight excluding hydrogens is 432 g/mol. The average molecular weight is 457 g/mol. The van der Waals surface area contributed by atoms with Crippen molar-refractivity contribution in [2.45, 2.75) is 36.6 Å². The standard InChI is InChI=1S/C26H24N4O2S/c1-16-13-14-20(15-17(16)2)33(31,32)24-23-26(29-22-12-8-7-11-21(22)28-23)30(25(24)27)18(3)19-9-5-4-6-10-19/h4-15,18H,27H2,1-3H3. The van der Waals surface area contributed by atoms with Gasteiger partial charge in [0.05, 0.1) is 22.0 Å². The van der Waals surface area contributed by atoms with Crippen LogP contribution >= 0.6 is 0 Å². The molecule has 3 aromatic carbocycles. The summed E-state index contributed by atoms with van der Waals surface area (Å²) in [7, 11) is -3.95. The molecule has 0 aliphatic rings. The van der Waals surface area contributed by atoms with Crippen molar-refractivity contribution in [1.29, 1.82) is 0 Å². The van der Waals surface area contributed by atoms with Gasteiger partial charge >= 0.3 is 0 Å². The number of para-hydroxylation sites is 2. The molecule has 166 valence electrons. The van der Waals surface area contributed by atoms with Crippen LogP contribution in [-0.4, -0.2) is 23.0 Å². The van der Waals surface area contributed by atoms with E-state index in [1.54, 1.807) is 16.7 Å². The van der Waals surface area contributed by atoms with E-state index in [2.05, 4.69) is 0 Å². The Morgan fingerprint density at radius 3 is 2.15 bits per heavy atom. The van der Waals surface area contributed by atoms with E-state index in [4.69, 9.17) is 15.7 Å². The van der Waals surface area contributed by atoms with Gasteiger partial charge in [-0.15, -0.1) is 0 Å². The highest BCUT2D eigenvalue weighted by atomic mass is 32.2. The minimum Gasteiger partial charge on any atom is -0.384 e. The molecule has 5 rings (SSSR count). The van der Waals surface area contributed by atoms with Crippen LogP contribution in [0.3, 0.4) is 0 Å². The monoisotopic (exact) mass is 456 g/mol. The van der Waals surface area contributed by atoms with Crippen LogP contribution in [0.2, 0.25) is 0 Å². The maximum absolute atomic E-state index is 13.9. The highest BCUT2D eigenvalue weighted by Crippen LogP contribution is 2.38. The van der Waals surface area contributed by atoms with Gasteiger partial charge in [0.25, 0.3) is 0 Å². The van der Waals surface area contributed by atoms with E-state index in [1.807, 2.05) is 81.4 Å². The number of rotatable bonds is 4. The van der Waals surface area contributed by atoms with Crippen LogP contribution in [0.5, 0.6) is 0 Å². The molecule has 0 radical (unpaired) electrons. The van der Waals surface area contributed by atoms with Gasteiger partial charge in [-0.05, 0) is 61.7 Å². The number of nitrogens with zero attached hydrogens (tertiary/aromatic N) is 3. The van der Waals surface area contributed by atoms with E-state index in [-0.39, 0.29) is 27.2 Å². The lowest BCUT2D eigenvalue weighted by atomic mass is 10.1. The molecule has 2 heterocycles. The Hall–Kier alpha value is -3.71. The highest BCUT2D eigenvalue weighted by Gasteiger charge is 2.32. The molecule has 1 atom stereocenters. The molecule has 5 aromatic rings. The van der Waals surface area contributed by atoms with Gasteiger partial charge in [0.15, 0.2) is 5.65 Å².